The van der Waals surface area contributed by atoms with Crippen LogP contribution in [-0.4, -0.2) is 39.4 Å². The van der Waals surface area contributed by atoms with Gasteiger partial charge in [-0.05, 0) is 47.8 Å². The van der Waals surface area contributed by atoms with Crippen LogP contribution < -0.4 is 0 Å². The lowest BCUT2D eigenvalue weighted by Crippen LogP contribution is -2.23. The van der Waals surface area contributed by atoms with E-state index in [4.69, 9.17) is 5.11 Å². The van der Waals surface area contributed by atoms with Gasteiger partial charge in [-0.25, -0.2) is 0 Å². The molecule has 0 aromatic heterocycles. The second-order valence-electron chi connectivity index (χ2n) is 6.11. The maximum atomic E-state index is 12.2. The third-order valence-electron chi connectivity index (χ3n) is 3.67. The van der Waals surface area contributed by atoms with Crippen LogP contribution in [-0.2, 0) is 22.5 Å². The summed E-state index contributed by atoms with van der Waals surface area (Å²) in [4.78, 5) is 14.0. The van der Waals surface area contributed by atoms with Crippen molar-refractivity contribution in [2.75, 3.05) is 18.8 Å². The molecule has 2 rings (SSSR count). The maximum absolute atomic E-state index is 12.2. The number of hydrogen-bond donors (Lipinski definition) is 1. The van der Waals surface area contributed by atoms with Gasteiger partial charge in [0.2, 0.25) is 0 Å². The molecule has 1 saturated heterocycles. The van der Waals surface area contributed by atoms with Gasteiger partial charge in [-0.15, -0.1) is 0 Å². The van der Waals surface area contributed by atoms with E-state index in [0.717, 1.165) is 23.5 Å². The summed E-state index contributed by atoms with van der Waals surface area (Å²) in [5.41, 5.74) is 1.11. The monoisotopic (exact) mass is 309 g/mol. The van der Waals surface area contributed by atoms with Crippen molar-refractivity contribution in [2.24, 2.45) is 11.8 Å². The highest BCUT2D eigenvalue weighted by Gasteiger charge is 2.27. The fourth-order valence-electron chi connectivity index (χ4n) is 2.62. The van der Waals surface area contributed by atoms with E-state index in [-0.39, 0.29) is 5.92 Å². The number of aliphatic carboxylic acids is 1. The molecular weight excluding hydrogens is 286 g/mol. The van der Waals surface area contributed by atoms with Gasteiger partial charge in [-0.2, -0.15) is 0 Å². The van der Waals surface area contributed by atoms with Crippen molar-refractivity contribution in [3.63, 3.8) is 0 Å². The lowest BCUT2D eigenvalue weighted by Gasteiger charge is -2.17. The third-order valence-corrected chi connectivity index (χ3v) is 5.42. The predicted octanol–water partition coefficient (Wildman–Crippen LogP) is 2.36. The van der Waals surface area contributed by atoms with Crippen molar-refractivity contribution in [1.82, 2.24) is 4.90 Å². The normalized spacial score (nSPS) is 20.9. The summed E-state index contributed by atoms with van der Waals surface area (Å²) in [6.07, 6.45) is 0.717. The van der Waals surface area contributed by atoms with Crippen LogP contribution in [0.4, 0.5) is 0 Å². The average molecular weight is 309 g/mol. The lowest BCUT2D eigenvalue weighted by molar-refractivity contribution is -0.141. The highest BCUT2D eigenvalue weighted by atomic mass is 32.2. The van der Waals surface area contributed by atoms with Crippen LogP contribution in [0, 0.1) is 11.8 Å². The molecule has 2 unspecified atom stereocenters. The van der Waals surface area contributed by atoms with Gasteiger partial charge in [-0.3, -0.25) is 9.69 Å². The lowest BCUT2D eigenvalue weighted by atomic mass is 10.1. The molecule has 1 aliphatic rings. The van der Waals surface area contributed by atoms with Crippen molar-refractivity contribution in [3.05, 3.63) is 29.8 Å². The number of carboxylic acids is 1. The zero-order valence-electron chi connectivity index (χ0n) is 12.6. The Hall–Kier alpha value is -1.04. The summed E-state index contributed by atoms with van der Waals surface area (Å²) < 4.78 is 12.2. The minimum atomic E-state index is -0.954. The number of likely N-dealkylation sites (tertiary alicyclic amines) is 1. The fraction of sp³-hybridized carbons (Fsp3) is 0.562. The molecule has 1 aromatic rings. The summed E-state index contributed by atoms with van der Waals surface area (Å²) in [6, 6.07) is 7.86. The van der Waals surface area contributed by atoms with E-state index >= 15 is 0 Å². The Balaban J connectivity index is 1.97. The van der Waals surface area contributed by atoms with E-state index in [2.05, 4.69) is 18.7 Å². The van der Waals surface area contributed by atoms with Gasteiger partial charge in [0.1, 0.15) is 5.75 Å². The van der Waals surface area contributed by atoms with Gasteiger partial charge in [0, 0.05) is 13.1 Å². The zero-order valence-corrected chi connectivity index (χ0v) is 13.4. The molecule has 1 aliphatic heterocycles. The van der Waals surface area contributed by atoms with Crippen LogP contribution in [0.1, 0.15) is 25.8 Å². The van der Waals surface area contributed by atoms with Crippen LogP contribution in [0.2, 0.25) is 0 Å². The first-order valence-corrected chi connectivity index (χ1v) is 8.70. The van der Waals surface area contributed by atoms with E-state index < -0.39 is 17.1 Å². The van der Waals surface area contributed by atoms with E-state index in [1.165, 1.54) is 0 Å². The number of carboxylic acid groups (broad SMARTS) is 1. The smallest absolute Gasteiger partial charge is 0.307 e. The largest absolute Gasteiger partial charge is 0.611 e. The second-order valence-corrected chi connectivity index (χ2v) is 7.61. The van der Waals surface area contributed by atoms with Crippen LogP contribution in [0.25, 0.3) is 0 Å². The molecular formula is C16H23NO3S. The van der Waals surface area contributed by atoms with Crippen LogP contribution in [0.15, 0.2) is 29.2 Å². The van der Waals surface area contributed by atoms with E-state index in [1.54, 1.807) is 0 Å². The van der Waals surface area contributed by atoms with Crippen molar-refractivity contribution in [3.8, 4) is 0 Å². The summed E-state index contributed by atoms with van der Waals surface area (Å²) in [7, 11) is 0. The molecule has 0 spiro atoms. The van der Waals surface area contributed by atoms with Crippen molar-refractivity contribution in [2.45, 2.75) is 31.7 Å². The predicted molar refractivity (Wildman–Crippen MR) is 83.6 cm³/mol. The quantitative estimate of drug-likeness (QED) is 0.819. The molecule has 0 amide bonds. The third kappa shape index (κ3) is 4.73. The van der Waals surface area contributed by atoms with Crippen LogP contribution in [0.5, 0.6) is 0 Å². The minimum absolute atomic E-state index is 0.247. The van der Waals surface area contributed by atoms with Gasteiger partial charge in [-0.1, -0.05) is 26.0 Å². The van der Waals surface area contributed by atoms with Crippen molar-refractivity contribution in [1.29, 1.82) is 0 Å². The molecule has 21 heavy (non-hydrogen) atoms. The number of carbonyl (C=O) groups is 1. The molecule has 0 aliphatic carbocycles. The molecule has 1 heterocycles. The molecule has 1 aromatic carbocycles. The number of hydrogen-bond acceptors (Lipinski definition) is 3. The molecule has 4 nitrogen and oxygen atoms in total. The molecule has 5 heteroatoms. The average Bonchev–Trinajstić information content (AvgIpc) is 2.87. The molecule has 0 bridgehead atoms. The summed E-state index contributed by atoms with van der Waals surface area (Å²) in [6.45, 7) is 6.29. The maximum Gasteiger partial charge on any atom is 0.307 e. The summed E-state index contributed by atoms with van der Waals surface area (Å²) in [5.74, 6) is 0.130. The van der Waals surface area contributed by atoms with E-state index in [9.17, 15) is 9.35 Å². The molecule has 0 saturated carbocycles. The van der Waals surface area contributed by atoms with Gasteiger partial charge in [0.25, 0.3) is 0 Å². The first kappa shape index (κ1) is 16.3. The topological polar surface area (TPSA) is 63.6 Å². The Kier molecular flexibility index (Phi) is 5.67. The first-order valence-electron chi connectivity index (χ1n) is 7.38. The molecule has 1 N–H and O–H groups in total. The number of nitrogens with zero attached hydrogens (tertiary/aromatic N) is 1. The van der Waals surface area contributed by atoms with E-state index in [0.29, 0.717) is 24.6 Å². The standard InChI is InChI=1S/C16H23NO3S/c1-12(2)11-21(20)15-5-3-4-13(8-15)9-17-7-6-14(10-17)16(18)19/h3-5,8,12,14H,6-7,9-11H2,1-2H3,(H,18,19). The van der Waals surface area contributed by atoms with Gasteiger partial charge in [0.15, 0.2) is 4.90 Å². The Morgan fingerprint density at radius 1 is 1.52 bits per heavy atom. The van der Waals surface area contributed by atoms with Crippen molar-refractivity contribution < 1.29 is 14.5 Å². The summed E-state index contributed by atoms with van der Waals surface area (Å²) >= 11 is -0.954. The Bertz CT molecular complexity index is 492. The van der Waals surface area contributed by atoms with Gasteiger partial charge in [0.05, 0.1) is 5.92 Å². The number of benzene rings is 1. The van der Waals surface area contributed by atoms with Crippen LogP contribution in [0.3, 0.4) is 0 Å². The van der Waals surface area contributed by atoms with Gasteiger partial charge >= 0.3 is 5.97 Å². The number of rotatable bonds is 6. The fourth-order valence-corrected chi connectivity index (χ4v) is 3.93. The molecule has 2 atom stereocenters. The van der Waals surface area contributed by atoms with Crippen LogP contribution >= 0.6 is 0 Å². The Morgan fingerprint density at radius 2 is 2.29 bits per heavy atom. The Labute approximate surface area is 129 Å². The minimum Gasteiger partial charge on any atom is -0.611 e. The molecule has 116 valence electrons. The van der Waals surface area contributed by atoms with E-state index in [1.807, 2.05) is 24.3 Å². The highest BCUT2D eigenvalue weighted by molar-refractivity contribution is 7.91. The second kappa shape index (κ2) is 7.29. The highest BCUT2D eigenvalue weighted by Crippen LogP contribution is 2.21. The van der Waals surface area contributed by atoms with Crippen molar-refractivity contribution >= 4 is 17.1 Å². The zero-order chi connectivity index (χ0) is 15.4. The Morgan fingerprint density at radius 3 is 2.90 bits per heavy atom. The molecule has 0 radical (unpaired) electrons. The van der Waals surface area contributed by atoms with Gasteiger partial charge < -0.3 is 9.66 Å². The molecule has 1 fully saturated rings. The SMILES string of the molecule is CC(C)C[S+]([O-])c1cccc(CN2CCC(C(=O)O)C2)c1. The summed E-state index contributed by atoms with van der Waals surface area (Å²) in [5, 5.41) is 9.03. The first-order chi connectivity index (χ1) is 9.95.